The van der Waals surface area contributed by atoms with Crippen LogP contribution in [0, 0.1) is 3.95 Å². The first-order valence-corrected chi connectivity index (χ1v) is 5.49. The van der Waals surface area contributed by atoms with E-state index in [0.29, 0.717) is 6.54 Å². The number of hydrogen-bond acceptors (Lipinski definition) is 3. The fourth-order valence-corrected chi connectivity index (χ4v) is 2.71. The molecule has 0 atom stereocenters. The first kappa shape index (κ1) is 9.55. The average molecular weight is 223 g/mol. The largest absolute Gasteiger partial charge is 0.315 e. The molecule has 0 saturated carbocycles. The molecule has 0 aliphatic heterocycles. The first-order chi connectivity index (χ1) is 6.68. The highest BCUT2D eigenvalue weighted by atomic mass is 32.1. The van der Waals surface area contributed by atoms with Gasteiger partial charge in [0, 0.05) is 0 Å². The minimum Gasteiger partial charge on any atom is -0.315 e. The zero-order valence-electron chi connectivity index (χ0n) is 7.69. The standard InChI is InChI=1S/C10H9NOS2/c1-7(12)6-11-8-4-2-3-5-9(8)14-10(11)13/h2-5H,6H2,1H3. The van der Waals surface area contributed by atoms with Crippen LogP contribution in [0.3, 0.4) is 0 Å². The Balaban J connectivity index is 2.68. The van der Waals surface area contributed by atoms with E-state index in [1.165, 1.54) is 0 Å². The van der Waals surface area contributed by atoms with Crippen LogP contribution in [0.2, 0.25) is 0 Å². The van der Waals surface area contributed by atoms with Crippen molar-refractivity contribution < 1.29 is 4.79 Å². The topological polar surface area (TPSA) is 22.0 Å². The molecule has 0 fully saturated rings. The van der Waals surface area contributed by atoms with Crippen molar-refractivity contribution in [3.8, 4) is 0 Å². The van der Waals surface area contributed by atoms with E-state index < -0.39 is 0 Å². The first-order valence-electron chi connectivity index (χ1n) is 4.26. The van der Waals surface area contributed by atoms with Crippen LogP contribution in [0.5, 0.6) is 0 Å². The van der Waals surface area contributed by atoms with Gasteiger partial charge in [-0.25, -0.2) is 0 Å². The molecule has 1 aromatic carbocycles. The maximum atomic E-state index is 11.0. The Kier molecular flexibility index (Phi) is 2.48. The van der Waals surface area contributed by atoms with Crippen LogP contribution in [0.4, 0.5) is 0 Å². The van der Waals surface area contributed by atoms with E-state index in [1.54, 1.807) is 18.3 Å². The predicted molar refractivity (Wildman–Crippen MR) is 61.3 cm³/mol. The van der Waals surface area contributed by atoms with Gasteiger partial charge in [0.2, 0.25) is 0 Å². The van der Waals surface area contributed by atoms with Crippen molar-refractivity contribution in [1.29, 1.82) is 0 Å². The fraction of sp³-hybridized carbons (Fsp3) is 0.200. The van der Waals surface area contributed by atoms with Crippen LogP contribution in [0.25, 0.3) is 10.2 Å². The molecule has 0 bridgehead atoms. The number of ketones is 1. The molecule has 0 aliphatic carbocycles. The molecule has 0 aliphatic rings. The van der Waals surface area contributed by atoms with Gasteiger partial charge < -0.3 is 4.57 Å². The van der Waals surface area contributed by atoms with E-state index in [1.807, 2.05) is 28.8 Å². The molecule has 2 rings (SSSR count). The number of Topliss-reactive ketones (excluding diaryl/α,β-unsaturated/α-hetero) is 1. The number of aromatic nitrogens is 1. The highest BCUT2D eigenvalue weighted by molar-refractivity contribution is 7.73. The van der Waals surface area contributed by atoms with Crippen molar-refractivity contribution in [2.75, 3.05) is 0 Å². The summed E-state index contributed by atoms with van der Waals surface area (Å²) in [4.78, 5) is 11.0. The van der Waals surface area contributed by atoms with Crippen LogP contribution in [0.15, 0.2) is 24.3 Å². The molecule has 14 heavy (non-hydrogen) atoms. The lowest BCUT2D eigenvalue weighted by molar-refractivity contribution is -0.117. The number of nitrogens with zero attached hydrogens (tertiary/aromatic N) is 1. The zero-order valence-corrected chi connectivity index (χ0v) is 9.32. The Hall–Kier alpha value is -1.00. The molecule has 0 N–H and O–H groups in total. The molecule has 0 radical (unpaired) electrons. The second-order valence-corrected chi connectivity index (χ2v) is 4.80. The van der Waals surface area contributed by atoms with Gasteiger partial charge >= 0.3 is 0 Å². The maximum Gasteiger partial charge on any atom is 0.162 e. The number of hydrogen-bond donors (Lipinski definition) is 0. The van der Waals surface area contributed by atoms with Crippen LogP contribution < -0.4 is 0 Å². The second-order valence-electron chi connectivity index (χ2n) is 3.12. The lowest BCUT2D eigenvalue weighted by atomic mass is 10.3. The summed E-state index contributed by atoms with van der Waals surface area (Å²) in [6.07, 6.45) is 0. The summed E-state index contributed by atoms with van der Waals surface area (Å²) >= 11 is 6.75. The lowest BCUT2D eigenvalue weighted by Crippen LogP contribution is -2.05. The van der Waals surface area contributed by atoms with Gasteiger partial charge in [0.1, 0.15) is 5.78 Å². The number of thiazole rings is 1. The van der Waals surface area contributed by atoms with Crippen molar-refractivity contribution in [3.63, 3.8) is 0 Å². The zero-order chi connectivity index (χ0) is 10.1. The Bertz CT molecular complexity index is 538. The van der Waals surface area contributed by atoms with Crippen molar-refractivity contribution >= 4 is 39.6 Å². The van der Waals surface area contributed by atoms with Gasteiger partial charge in [0.25, 0.3) is 0 Å². The summed E-state index contributed by atoms with van der Waals surface area (Å²) in [6.45, 7) is 1.96. The number of carbonyl (C=O) groups excluding carboxylic acids is 1. The number of rotatable bonds is 2. The minimum atomic E-state index is 0.129. The molecule has 1 heterocycles. The lowest BCUT2D eigenvalue weighted by Gasteiger charge is -1.99. The molecule has 2 nitrogen and oxygen atoms in total. The molecular formula is C10H9NOS2. The van der Waals surface area contributed by atoms with Crippen molar-refractivity contribution in [2.45, 2.75) is 13.5 Å². The van der Waals surface area contributed by atoms with E-state index >= 15 is 0 Å². The predicted octanol–water partition coefficient (Wildman–Crippen LogP) is 3.02. The average Bonchev–Trinajstić information content (AvgIpc) is 2.43. The molecule has 0 saturated heterocycles. The molecule has 0 amide bonds. The van der Waals surface area contributed by atoms with Crippen LogP contribution in [-0.4, -0.2) is 10.4 Å². The highest BCUT2D eigenvalue weighted by Crippen LogP contribution is 2.22. The molecule has 0 spiro atoms. The van der Waals surface area contributed by atoms with Gasteiger partial charge in [-0.05, 0) is 31.3 Å². The maximum absolute atomic E-state index is 11.0. The normalized spacial score (nSPS) is 10.6. The van der Waals surface area contributed by atoms with Gasteiger partial charge in [-0.2, -0.15) is 0 Å². The summed E-state index contributed by atoms with van der Waals surface area (Å²) < 4.78 is 3.79. The van der Waals surface area contributed by atoms with Gasteiger partial charge in [-0.3, -0.25) is 4.79 Å². The Morgan fingerprint density at radius 2 is 2.21 bits per heavy atom. The van der Waals surface area contributed by atoms with E-state index in [2.05, 4.69) is 0 Å². The van der Waals surface area contributed by atoms with Crippen LogP contribution in [0.1, 0.15) is 6.92 Å². The SMILES string of the molecule is CC(=O)Cn1c(=S)sc2ccccc21. The van der Waals surface area contributed by atoms with E-state index in [4.69, 9.17) is 12.2 Å². The minimum absolute atomic E-state index is 0.129. The second kappa shape index (κ2) is 3.63. The summed E-state index contributed by atoms with van der Waals surface area (Å²) in [7, 11) is 0. The molecule has 72 valence electrons. The third-order valence-electron chi connectivity index (χ3n) is 1.95. The van der Waals surface area contributed by atoms with Gasteiger partial charge in [-0.15, -0.1) is 11.3 Å². The van der Waals surface area contributed by atoms with E-state index in [-0.39, 0.29) is 5.78 Å². The third kappa shape index (κ3) is 1.63. The van der Waals surface area contributed by atoms with Gasteiger partial charge in [0.15, 0.2) is 3.95 Å². The van der Waals surface area contributed by atoms with E-state index in [0.717, 1.165) is 14.2 Å². The summed E-state index contributed by atoms with van der Waals surface area (Å²) in [6, 6.07) is 7.95. The van der Waals surface area contributed by atoms with Gasteiger partial charge in [0.05, 0.1) is 16.8 Å². The Morgan fingerprint density at radius 1 is 1.50 bits per heavy atom. The van der Waals surface area contributed by atoms with Crippen molar-refractivity contribution in [2.24, 2.45) is 0 Å². The molecule has 2 aromatic rings. The van der Waals surface area contributed by atoms with Crippen molar-refractivity contribution in [3.05, 3.63) is 28.2 Å². The quantitative estimate of drug-likeness (QED) is 0.730. The van der Waals surface area contributed by atoms with Crippen molar-refractivity contribution in [1.82, 2.24) is 4.57 Å². The molecule has 0 unspecified atom stereocenters. The fourth-order valence-electron chi connectivity index (χ4n) is 1.39. The Labute approximate surface area is 90.8 Å². The van der Waals surface area contributed by atoms with E-state index in [9.17, 15) is 4.79 Å². The monoisotopic (exact) mass is 223 g/mol. The van der Waals surface area contributed by atoms with Gasteiger partial charge in [-0.1, -0.05) is 12.1 Å². The Morgan fingerprint density at radius 3 is 2.93 bits per heavy atom. The molecule has 4 heteroatoms. The summed E-state index contributed by atoms with van der Waals surface area (Å²) in [5, 5.41) is 0. The van der Waals surface area contributed by atoms with Crippen LogP contribution >= 0.6 is 23.6 Å². The summed E-state index contributed by atoms with van der Waals surface area (Å²) in [5.74, 6) is 0.129. The third-order valence-corrected chi connectivity index (χ3v) is 3.39. The number of benzene rings is 1. The van der Waals surface area contributed by atoms with Crippen LogP contribution in [-0.2, 0) is 11.3 Å². The number of carbonyl (C=O) groups is 1. The molecule has 1 aromatic heterocycles. The number of fused-ring (bicyclic) bond motifs is 1. The smallest absolute Gasteiger partial charge is 0.162 e. The highest BCUT2D eigenvalue weighted by Gasteiger charge is 2.05. The summed E-state index contributed by atoms with van der Waals surface area (Å²) in [5.41, 5.74) is 1.05. The number of para-hydroxylation sites is 1. The molecular weight excluding hydrogens is 214 g/mol.